The van der Waals surface area contributed by atoms with Crippen LogP contribution < -0.4 is 0 Å². The molecule has 0 saturated heterocycles. The molecule has 1 aromatic carbocycles. The summed E-state index contributed by atoms with van der Waals surface area (Å²) in [7, 11) is 0. The van der Waals surface area contributed by atoms with E-state index in [4.69, 9.17) is 5.26 Å². The number of thiophene rings is 1. The summed E-state index contributed by atoms with van der Waals surface area (Å²) in [6, 6.07) is 7.96. The molecule has 0 aliphatic rings. The summed E-state index contributed by atoms with van der Waals surface area (Å²) in [5.41, 5.74) is 1.98. The first-order valence-corrected chi connectivity index (χ1v) is 5.67. The number of hydrogen-bond acceptors (Lipinski definition) is 3. The first-order valence-electron chi connectivity index (χ1n) is 4.40. The van der Waals surface area contributed by atoms with E-state index in [-0.39, 0.29) is 0 Å². The van der Waals surface area contributed by atoms with Gasteiger partial charge >= 0.3 is 0 Å². The highest BCUT2D eigenvalue weighted by molar-refractivity contribution is 7.83. The molecule has 2 rings (SSSR count). The Morgan fingerprint density at radius 3 is 2.93 bits per heavy atom. The van der Waals surface area contributed by atoms with E-state index in [1.807, 2.05) is 18.2 Å². The summed E-state index contributed by atoms with van der Waals surface area (Å²) in [6.45, 7) is 2.11. The lowest BCUT2D eigenvalue weighted by atomic mass is 10.1. The minimum Gasteiger partial charge on any atom is -0.192 e. The molecule has 0 spiro atoms. The first-order chi connectivity index (χ1) is 6.76. The van der Waals surface area contributed by atoms with Gasteiger partial charge in [-0.05, 0) is 35.6 Å². The van der Waals surface area contributed by atoms with Crippen molar-refractivity contribution in [3.05, 3.63) is 29.3 Å². The number of fused-ring (bicyclic) bond motifs is 1. The van der Waals surface area contributed by atoms with E-state index in [0.717, 1.165) is 16.2 Å². The van der Waals surface area contributed by atoms with Gasteiger partial charge in [-0.3, -0.25) is 0 Å². The number of nitriles is 1. The van der Waals surface area contributed by atoms with E-state index in [0.29, 0.717) is 0 Å². The third-order valence-electron chi connectivity index (χ3n) is 2.25. The van der Waals surface area contributed by atoms with Crippen LogP contribution in [0.15, 0.2) is 22.4 Å². The highest BCUT2D eigenvalue weighted by atomic mass is 32.2. The van der Waals surface area contributed by atoms with Crippen LogP contribution in [-0.4, -0.2) is 0 Å². The van der Waals surface area contributed by atoms with E-state index in [2.05, 4.69) is 25.6 Å². The molecule has 0 amide bonds. The highest BCUT2D eigenvalue weighted by Gasteiger charge is 2.07. The fraction of sp³-hybridized carbons (Fsp3) is 0.182. The van der Waals surface area contributed by atoms with Crippen LogP contribution in [-0.2, 0) is 6.42 Å². The molecule has 0 atom stereocenters. The topological polar surface area (TPSA) is 23.8 Å². The Hall–Kier alpha value is -0.980. The van der Waals surface area contributed by atoms with E-state index in [9.17, 15) is 0 Å². The average Bonchev–Trinajstić information content (AvgIpc) is 2.52. The third kappa shape index (κ3) is 1.41. The van der Waals surface area contributed by atoms with Gasteiger partial charge in [0.1, 0.15) is 0 Å². The molecule has 3 heteroatoms. The summed E-state index contributed by atoms with van der Waals surface area (Å²) in [5.74, 6) is 0. The smallest absolute Gasteiger partial charge is 0.0991 e. The predicted molar refractivity (Wildman–Crippen MR) is 63.2 cm³/mol. The van der Waals surface area contributed by atoms with Crippen molar-refractivity contribution in [1.82, 2.24) is 0 Å². The summed E-state index contributed by atoms with van der Waals surface area (Å²) in [4.78, 5) is 0. The minimum atomic E-state index is 0.721. The van der Waals surface area contributed by atoms with Gasteiger partial charge < -0.3 is 0 Å². The van der Waals surface area contributed by atoms with Gasteiger partial charge in [0, 0.05) is 4.70 Å². The summed E-state index contributed by atoms with van der Waals surface area (Å²) in [5, 5.41) is 9.98. The summed E-state index contributed by atoms with van der Waals surface area (Å²) >= 11 is 6.11. The number of nitrogens with zero attached hydrogens (tertiary/aromatic N) is 1. The number of hydrogen-bond donors (Lipinski definition) is 1. The summed E-state index contributed by atoms with van der Waals surface area (Å²) in [6.07, 6.45) is 0.966. The van der Waals surface area contributed by atoms with Gasteiger partial charge in [-0.15, -0.1) is 24.0 Å². The second-order valence-corrected chi connectivity index (χ2v) is 4.86. The van der Waals surface area contributed by atoms with Crippen LogP contribution >= 0.6 is 24.0 Å². The van der Waals surface area contributed by atoms with Gasteiger partial charge in [0.15, 0.2) is 0 Å². The maximum Gasteiger partial charge on any atom is 0.0991 e. The minimum absolute atomic E-state index is 0.721. The zero-order valence-corrected chi connectivity index (χ0v) is 9.45. The second kappa shape index (κ2) is 3.64. The van der Waals surface area contributed by atoms with E-state index in [1.54, 1.807) is 11.3 Å². The molecule has 1 nitrogen and oxygen atoms in total. The fourth-order valence-electron chi connectivity index (χ4n) is 1.55. The number of benzene rings is 1. The maximum absolute atomic E-state index is 8.80. The molecule has 0 aliphatic carbocycles. The van der Waals surface area contributed by atoms with Crippen molar-refractivity contribution < 1.29 is 0 Å². The largest absolute Gasteiger partial charge is 0.192 e. The van der Waals surface area contributed by atoms with Gasteiger partial charge in [0.25, 0.3) is 0 Å². The van der Waals surface area contributed by atoms with E-state index in [1.165, 1.54) is 15.6 Å². The SMILES string of the molecule is CCc1c(S)sc2ccc(C#N)cc12. The molecule has 1 aromatic heterocycles. The Morgan fingerprint density at radius 1 is 1.50 bits per heavy atom. The monoisotopic (exact) mass is 219 g/mol. The van der Waals surface area contributed by atoms with E-state index >= 15 is 0 Å². The lowest BCUT2D eigenvalue weighted by Crippen LogP contribution is -1.79. The Morgan fingerprint density at radius 2 is 2.29 bits per heavy atom. The van der Waals surface area contributed by atoms with Gasteiger partial charge in [-0.1, -0.05) is 6.92 Å². The van der Waals surface area contributed by atoms with Crippen LogP contribution in [0.2, 0.25) is 0 Å². The van der Waals surface area contributed by atoms with Crippen molar-refractivity contribution in [3.63, 3.8) is 0 Å². The molecule has 70 valence electrons. The standard InChI is InChI=1S/C11H9NS2/c1-2-8-9-5-7(6-12)3-4-10(9)14-11(8)13/h3-5,13H,2H2,1H3. The molecule has 2 aromatic rings. The second-order valence-electron chi connectivity index (χ2n) is 3.06. The average molecular weight is 219 g/mol. The Kier molecular flexibility index (Phi) is 2.49. The zero-order chi connectivity index (χ0) is 10.1. The molecule has 0 saturated carbocycles. The quantitative estimate of drug-likeness (QED) is 0.728. The fourth-order valence-corrected chi connectivity index (χ4v) is 3.13. The molecule has 0 N–H and O–H groups in total. The Bertz CT molecular complexity index is 520. The van der Waals surface area contributed by atoms with Gasteiger partial charge in [0.05, 0.1) is 15.8 Å². The van der Waals surface area contributed by atoms with E-state index < -0.39 is 0 Å². The van der Waals surface area contributed by atoms with Crippen molar-refractivity contribution in [2.75, 3.05) is 0 Å². The molecule has 0 unspecified atom stereocenters. The van der Waals surface area contributed by atoms with Crippen molar-refractivity contribution in [3.8, 4) is 6.07 Å². The van der Waals surface area contributed by atoms with Crippen molar-refractivity contribution in [2.24, 2.45) is 0 Å². The third-order valence-corrected chi connectivity index (χ3v) is 3.81. The van der Waals surface area contributed by atoms with Crippen LogP contribution in [0.25, 0.3) is 10.1 Å². The van der Waals surface area contributed by atoms with Crippen LogP contribution in [0.3, 0.4) is 0 Å². The van der Waals surface area contributed by atoms with Crippen molar-refractivity contribution in [1.29, 1.82) is 5.26 Å². The molecular formula is C11H9NS2. The molecule has 0 aliphatic heterocycles. The van der Waals surface area contributed by atoms with Crippen LogP contribution in [0, 0.1) is 11.3 Å². The van der Waals surface area contributed by atoms with Crippen molar-refractivity contribution in [2.45, 2.75) is 17.6 Å². The molecule has 0 bridgehead atoms. The molecule has 1 heterocycles. The maximum atomic E-state index is 8.80. The van der Waals surface area contributed by atoms with Gasteiger partial charge in [-0.25, -0.2) is 0 Å². The number of thiol groups is 1. The normalized spacial score (nSPS) is 10.4. The number of aryl methyl sites for hydroxylation is 1. The molecule has 0 radical (unpaired) electrons. The zero-order valence-electron chi connectivity index (χ0n) is 7.74. The van der Waals surface area contributed by atoms with Gasteiger partial charge in [0.2, 0.25) is 0 Å². The lowest BCUT2D eigenvalue weighted by molar-refractivity contribution is 1.13. The van der Waals surface area contributed by atoms with Crippen LogP contribution in [0.5, 0.6) is 0 Å². The predicted octanol–water partition coefficient (Wildman–Crippen LogP) is 3.62. The Labute approximate surface area is 92.4 Å². The van der Waals surface area contributed by atoms with Crippen LogP contribution in [0.1, 0.15) is 18.1 Å². The van der Waals surface area contributed by atoms with Crippen molar-refractivity contribution >= 4 is 34.1 Å². The highest BCUT2D eigenvalue weighted by Crippen LogP contribution is 2.34. The molecular weight excluding hydrogens is 210 g/mol. The molecule has 14 heavy (non-hydrogen) atoms. The Balaban J connectivity index is 2.79. The lowest BCUT2D eigenvalue weighted by Gasteiger charge is -1.95. The first kappa shape index (κ1) is 9.57. The summed E-state index contributed by atoms with van der Waals surface area (Å²) < 4.78 is 2.28. The van der Waals surface area contributed by atoms with Crippen LogP contribution in [0.4, 0.5) is 0 Å². The van der Waals surface area contributed by atoms with Gasteiger partial charge in [-0.2, -0.15) is 5.26 Å². The molecule has 0 fully saturated rings. The number of rotatable bonds is 1.